The summed E-state index contributed by atoms with van der Waals surface area (Å²) in [6.07, 6.45) is 0. The number of Topliss-reactive ketones (excluding diaryl/α,β-unsaturated/α-hetero) is 1. The minimum atomic E-state index is 0.153. The van der Waals surface area contributed by atoms with E-state index in [0.29, 0.717) is 12.2 Å². The average Bonchev–Trinajstić information content (AvgIpc) is 2.29. The topological polar surface area (TPSA) is 46.3 Å². The summed E-state index contributed by atoms with van der Waals surface area (Å²) < 4.78 is 0. The number of likely N-dealkylation sites (N-methyl/N-ethyl adjacent to an activating group) is 1. The molecular formula is C9H10N2O. The van der Waals surface area contributed by atoms with Crippen molar-refractivity contribution in [2.24, 2.45) is 0 Å². The van der Waals surface area contributed by atoms with Crippen molar-refractivity contribution in [3.63, 3.8) is 0 Å². The Balaban J connectivity index is 2.67. The monoisotopic (exact) mass is 162 g/mol. The molecule has 0 radical (unpaired) electrons. The van der Waals surface area contributed by atoms with Crippen LogP contribution in [0.4, 0.5) is 11.4 Å². The van der Waals surface area contributed by atoms with Crippen LogP contribution in [-0.4, -0.2) is 19.4 Å². The molecule has 1 aromatic carbocycles. The van der Waals surface area contributed by atoms with Crippen LogP contribution in [0.15, 0.2) is 18.2 Å². The number of anilines is 2. The predicted octanol–water partition coefficient (Wildman–Crippen LogP) is 0.901. The molecule has 0 spiro atoms. The lowest BCUT2D eigenvalue weighted by molar-refractivity contribution is 0.101. The zero-order valence-corrected chi connectivity index (χ0v) is 6.87. The maximum atomic E-state index is 11.3. The molecule has 3 nitrogen and oxygen atoms in total. The third-order valence-corrected chi connectivity index (χ3v) is 2.13. The third kappa shape index (κ3) is 0.794. The summed E-state index contributed by atoms with van der Waals surface area (Å²) in [6.45, 7) is 0.448. The molecule has 0 bridgehead atoms. The van der Waals surface area contributed by atoms with Crippen LogP contribution >= 0.6 is 0 Å². The zero-order chi connectivity index (χ0) is 8.72. The summed E-state index contributed by atoms with van der Waals surface area (Å²) in [5, 5.41) is 0. The minimum Gasteiger partial charge on any atom is -0.397 e. The van der Waals surface area contributed by atoms with Crippen molar-refractivity contribution in [1.82, 2.24) is 0 Å². The normalized spacial score (nSPS) is 15.1. The fourth-order valence-electron chi connectivity index (χ4n) is 1.59. The lowest BCUT2D eigenvalue weighted by Gasteiger charge is -2.12. The SMILES string of the molecule is CN1CC(=O)c2cccc(N)c21. The van der Waals surface area contributed by atoms with Gasteiger partial charge in [0.1, 0.15) is 0 Å². The maximum Gasteiger partial charge on any atom is 0.184 e. The number of benzene rings is 1. The molecule has 0 aromatic heterocycles. The molecule has 1 aliphatic rings. The fourth-order valence-corrected chi connectivity index (χ4v) is 1.59. The highest BCUT2D eigenvalue weighted by Crippen LogP contribution is 2.31. The molecule has 2 N–H and O–H groups in total. The molecule has 3 heteroatoms. The molecule has 0 aliphatic carbocycles. The molecule has 62 valence electrons. The second kappa shape index (κ2) is 2.24. The van der Waals surface area contributed by atoms with Gasteiger partial charge in [0.05, 0.1) is 17.9 Å². The van der Waals surface area contributed by atoms with E-state index in [1.54, 1.807) is 0 Å². The number of nitrogens with two attached hydrogens (primary N) is 1. The van der Waals surface area contributed by atoms with E-state index in [1.165, 1.54) is 0 Å². The zero-order valence-electron chi connectivity index (χ0n) is 6.87. The van der Waals surface area contributed by atoms with E-state index >= 15 is 0 Å². The van der Waals surface area contributed by atoms with Gasteiger partial charge in [-0.05, 0) is 12.1 Å². The van der Waals surface area contributed by atoms with Crippen molar-refractivity contribution >= 4 is 17.2 Å². The summed E-state index contributed by atoms with van der Waals surface area (Å²) in [5.74, 6) is 0.153. The van der Waals surface area contributed by atoms with E-state index in [2.05, 4.69) is 0 Å². The number of carbonyl (C=O) groups excluding carboxylic acids is 1. The van der Waals surface area contributed by atoms with Crippen LogP contribution in [0, 0.1) is 0 Å². The Kier molecular flexibility index (Phi) is 1.33. The number of nitrogen functional groups attached to an aromatic ring is 1. The van der Waals surface area contributed by atoms with E-state index in [4.69, 9.17) is 5.73 Å². The number of carbonyl (C=O) groups is 1. The third-order valence-electron chi connectivity index (χ3n) is 2.13. The van der Waals surface area contributed by atoms with Crippen molar-refractivity contribution in [2.45, 2.75) is 0 Å². The second-order valence-corrected chi connectivity index (χ2v) is 3.02. The van der Waals surface area contributed by atoms with Crippen LogP contribution in [0.3, 0.4) is 0 Å². The second-order valence-electron chi connectivity index (χ2n) is 3.02. The van der Waals surface area contributed by atoms with Crippen LogP contribution in [0.25, 0.3) is 0 Å². The Morgan fingerprint density at radius 2 is 2.25 bits per heavy atom. The van der Waals surface area contributed by atoms with Crippen molar-refractivity contribution in [1.29, 1.82) is 0 Å². The van der Waals surface area contributed by atoms with Gasteiger partial charge >= 0.3 is 0 Å². The lowest BCUT2D eigenvalue weighted by atomic mass is 10.1. The van der Waals surface area contributed by atoms with Crippen molar-refractivity contribution in [3.8, 4) is 0 Å². The van der Waals surface area contributed by atoms with Gasteiger partial charge in [0.25, 0.3) is 0 Å². The van der Waals surface area contributed by atoms with Crippen LogP contribution in [0.1, 0.15) is 10.4 Å². The van der Waals surface area contributed by atoms with Crippen LogP contribution in [0.2, 0.25) is 0 Å². The number of hydrogen-bond donors (Lipinski definition) is 1. The fraction of sp³-hybridized carbons (Fsp3) is 0.222. The number of rotatable bonds is 0. The molecule has 0 saturated heterocycles. The largest absolute Gasteiger partial charge is 0.397 e. The van der Waals surface area contributed by atoms with Crippen molar-refractivity contribution in [2.75, 3.05) is 24.2 Å². The predicted molar refractivity (Wildman–Crippen MR) is 48.5 cm³/mol. The Labute approximate surface area is 70.8 Å². The first kappa shape index (κ1) is 7.16. The van der Waals surface area contributed by atoms with Crippen LogP contribution in [0.5, 0.6) is 0 Å². The highest BCUT2D eigenvalue weighted by atomic mass is 16.1. The summed E-state index contributed by atoms with van der Waals surface area (Å²) in [7, 11) is 1.88. The van der Waals surface area contributed by atoms with Gasteiger partial charge in [-0.2, -0.15) is 0 Å². The molecule has 1 aliphatic heterocycles. The van der Waals surface area contributed by atoms with Gasteiger partial charge in [0.15, 0.2) is 5.78 Å². The Bertz CT molecular complexity index is 346. The van der Waals surface area contributed by atoms with Crippen molar-refractivity contribution in [3.05, 3.63) is 23.8 Å². The Morgan fingerprint density at radius 1 is 1.50 bits per heavy atom. The first-order valence-electron chi connectivity index (χ1n) is 3.83. The summed E-state index contributed by atoms with van der Waals surface area (Å²) in [6, 6.07) is 5.44. The van der Waals surface area contributed by atoms with Gasteiger partial charge in [0.2, 0.25) is 0 Å². The summed E-state index contributed by atoms with van der Waals surface area (Å²) in [4.78, 5) is 13.2. The standard InChI is InChI=1S/C9H10N2O/c1-11-5-8(12)6-3-2-4-7(10)9(6)11/h2-4H,5,10H2,1H3. The van der Waals surface area contributed by atoms with Crippen LogP contribution in [-0.2, 0) is 0 Å². The average molecular weight is 162 g/mol. The molecule has 1 heterocycles. The molecule has 2 rings (SSSR count). The quantitative estimate of drug-likeness (QED) is 0.576. The molecule has 0 amide bonds. The Hall–Kier alpha value is -1.51. The van der Waals surface area contributed by atoms with E-state index in [0.717, 1.165) is 11.3 Å². The Morgan fingerprint density at radius 3 is 2.92 bits per heavy atom. The number of fused-ring (bicyclic) bond motifs is 1. The molecule has 0 fully saturated rings. The van der Waals surface area contributed by atoms with Gasteiger partial charge in [-0.25, -0.2) is 0 Å². The minimum absolute atomic E-state index is 0.153. The number of para-hydroxylation sites is 1. The first-order chi connectivity index (χ1) is 5.70. The van der Waals surface area contributed by atoms with E-state index in [9.17, 15) is 4.79 Å². The molecule has 0 unspecified atom stereocenters. The highest BCUT2D eigenvalue weighted by Gasteiger charge is 2.24. The first-order valence-corrected chi connectivity index (χ1v) is 3.83. The molecule has 0 atom stereocenters. The van der Waals surface area contributed by atoms with E-state index in [-0.39, 0.29) is 5.78 Å². The van der Waals surface area contributed by atoms with Crippen molar-refractivity contribution < 1.29 is 4.79 Å². The van der Waals surface area contributed by atoms with Gasteiger partial charge in [-0.15, -0.1) is 0 Å². The smallest absolute Gasteiger partial charge is 0.184 e. The van der Waals surface area contributed by atoms with E-state index in [1.807, 2.05) is 30.1 Å². The molecule has 0 saturated carbocycles. The molecule has 12 heavy (non-hydrogen) atoms. The van der Waals surface area contributed by atoms with Crippen LogP contribution < -0.4 is 10.6 Å². The summed E-state index contributed by atoms with van der Waals surface area (Å²) in [5.41, 5.74) is 8.04. The van der Waals surface area contributed by atoms with Gasteiger partial charge in [0, 0.05) is 12.6 Å². The molecule has 1 aromatic rings. The number of nitrogens with zero attached hydrogens (tertiary/aromatic N) is 1. The summed E-state index contributed by atoms with van der Waals surface area (Å²) >= 11 is 0. The highest BCUT2D eigenvalue weighted by molar-refractivity contribution is 6.10. The lowest BCUT2D eigenvalue weighted by Crippen LogP contribution is -2.16. The van der Waals surface area contributed by atoms with Gasteiger partial charge in [-0.3, -0.25) is 4.79 Å². The maximum absolute atomic E-state index is 11.3. The van der Waals surface area contributed by atoms with E-state index < -0.39 is 0 Å². The van der Waals surface area contributed by atoms with Gasteiger partial charge in [-0.1, -0.05) is 6.07 Å². The number of hydrogen-bond acceptors (Lipinski definition) is 3. The number of ketones is 1. The van der Waals surface area contributed by atoms with Gasteiger partial charge < -0.3 is 10.6 Å². The molecular weight excluding hydrogens is 152 g/mol.